The van der Waals surface area contributed by atoms with Crippen molar-refractivity contribution in [3.05, 3.63) is 59.7 Å². The fourth-order valence-corrected chi connectivity index (χ4v) is 2.04. The van der Waals surface area contributed by atoms with Crippen LogP contribution < -0.4 is 10.2 Å². The van der Waals surface area contributed by atoms with E-state index in [1.54, 1.807) is 0 Å². The molecule has 0 saturated heterocycles. The number of nitrogens with zero attached hydrogens (tertiary/aromatic N) is 1. The van der Waals surface area contributed by atoms with Crippen molar-refractivity contribution < 1.29 is 0 Å². The summed E-state index contributed by atoms with van der Waals surface area (Å²) in [5, 5.41) is 3.52. The largest absolute Gasteiger partial charge is 0.379 e. The van der Waals surface area contributed by atoms with Gasteiger partial charge in [-0.05, 0) is 43.7 Å². The number of aryl methyl sites for hydroxylation is 1. The summed E-state index contributed by atoms with van der Waals surface area (Å²) in [5.41, 5.74) is 4.97. The summed E-state index contributed by atoms with van der Waals surface area (Å²) in [6.45, 7) is 4.29. The van der Waals surface area contributed by atoms with Crippen molar-refractivity contribution in [1.82, 2.24) is 0 Å². The Morgan fingerprint density at radius 2 is 1.47 bits per heavy atom. The summed E-state index contributed by atoms with van der Waals surface area (Å²) in [6.07, 6.45) is 0. The van der Waals surface area contributed by atoms with Crippen molar-refractivity contribution in [1.29, 1.82) is 0 Å². The van der Waals surface area contributed by atoms with Crippen molar-refractivity contribution in [3.8, 4) is 0 Å². The topological polar surface area (TPSA) is 15.3 Å². The molecule has 2 rings (SSSR count). The molecular formula is C17H22N2. The Hall–Kier alpha value is -1.96. The third-order valence-electron chi connectivity index (χ3n) is 3.34. The summed E-state index contributed by atoms with van der Waals surface area (Å²) in [7, 11) is 4.12. The lowest BCUT2D eigenvalue weighted by Crippen LogP contribution is -2.10. The minimum atomic E-state index is 0.305. The molecule has 0 spiro atoms. The van der Waals surface area contributed by atoms with Crippen LogP contribution in [0.15, 0.2) is 48.5 Å². The smallest absolute Gasteiger partial charge is 0.0485 e. The zero-order chi connectivity index (χ0) is 13.8. The van der Waals surface area contributed by atoms with E-state index in [-0.39, 0.29) is 0 Å². The molecule has 2 aromatic carbocycles. The molecular weight excluding hydrogens is 232 g/mol. The van der Waals surface area contributed by atoms with E-state index in [0.717, 1.165) is 5.69 Å². The van der Waals surface area contributed by atoms with Crippen LogP contribution in [0.2, 0.25) is 0 Å². The van der Waals surface area contributed by atoms with E-state index in [9.17, 15) is 0 Å². The van der Waals surface area contributed by atoms with Crippen LogP contribution in [0, 0.1) is 6.92 Å². The minimum absolute atomic E-state index is 0.305. The zero-order valence-corrected chi connectivity index (χ0v) is 12.1. The van der Waals surface area contributed by atoms with E-state index in [2.05, 4.69) is 86.7 Å². The van der Waals surface area contributed by atoms with Gasteiger partial charge in [0, 0.05) is 31.5 Å². The van der Waals surface area contributed by atoms with Gasteiger partial charge in [0.15, 0.2) is 0 Å². The van der Waals surface area contributed by atoms with Gasteiger partial charge in [-0.3, -0.25) is 0 Å². The molecule has 1 atom stereocenters. The second-order valence-corrected chi connectivity index (χ2v) is 5.22. The molecule has 0 fully saturated rings. The van der Waals surface area contributed by atoms with Gasteiger partial charge < -0.3 is 10.2 Å². The molecule has 19 heavy (non-hydrogen) atoms. The predicted octanol–water partition coefficient (Wildman–Crippen LogP) is 4.23. The number of anilines is 2. The van der Waals surface area contributed by atoms with Gasteiger partial charge in [0.2, 0.25) is 0 Å². The lowest BCUT2D eigenvalue weighted by Gasteiger charge is -2.18. The normalized spacial score (nSPS) is 12.0. The maximum absolute atomic E-state index is 3.52. The molecule has 1 unspecified atom stereocenters. The predicted molar refractivity (Wildman–Crippen MR) is 84.0 cm³/mol. The lowest BCUT2D eigenvalue weighted by atomic mass is 10.1. The van der Waals surface area contributed by atoms with Crippen LogP contribution in [-0.2, 0) is 0 Å². The molecule has 0 aromatic heterocycles. The summed E-state index contributed by atoms with van der Waals surface area (Å²) in [6, 6.07) is 17.5. The Bertz CT molecular complexity index is 512. The molecule has 0 amide bonds. The second kappa shape index (κ2) is 5.79. The molecule has 2 nitrogen and oxygen atoms in total. The molecule has 0 aliphatic heterocycles. The molecule has 0 aliphatic rings. The number of hydrogen-bond donors (Lipinski definition) is 1. The molecule has 1 N–H and O–H groups in total. The summed E-state index contributed by atoms with van der Waals surface area (Å²) >= 11 is 0. The third kappa shape index (κ3) is 3.50. The maximum Gasteiger partial charge on any atom is 0.0485 e. The standard InChI is InChI=1S/C17H22N2/c1-13-5-9-16(10-6-13)18-14(2)15-7-11-17(12-8-15)19(3)4/h5-12,14,18H,1-4H3. The van der Waals surface area contributed by atoms with E-state index < -0.39 is 0 Å². The van der Waals surface area contributed by atoms with E-state index >= 15 is 0 Å². The van der Waals surface area contributed by atoms with Crippen LogP contribution in [0.25, 0.3) is 0 Å². The van der Waals surface area contributed by atoms with Gasteiger partial charge in [0.05, 0.1) is 0 Å². The summed E-state index contributed by atoms with van der Waals surface area (Å²) < 4.78 is 0. The highest BCUT2D eigenvalue weighted by atomic mass is 15.1. The molecule has 0 radical (unpaired) electrons. The van der Waals surface area contributed by atoms with Gasteiger partial charge >= 0.3 is 0 Å². The van der Waals surface area contributed by atoms with Crippen LogP contribution >= 0.6 is 0 Å². The summed E-state index contributed by atoms with van der Waals surface area (Å²) in [5.74, 6) is 0. The van der Waals surface area contributed by atoms with Crippen molar-refractivity contribution in [2.45, 2.75) is 19.9 Å². The van der Waals surface area contributed by atoms with Crippen LogP contribution in [0.5, 0.6) is 0 Å². The highest BCUT2D eigenvalue weighted by Gasteiger charge is 2.05. The fourth-order valence-electron chi connectivity index (χ4n) is 2.04. The first-order valence-corrected chi connectivity index (χ1v) is 6.67. The van der Waals surface area contributed by atoms with E-state index in [1.165, 1.54) is 16.8 Å². The monoisotopic (exact) mass is 254 g/mol. The van der Waals surface area contributed by atoms with Gasteiger partial charge in [0.1, 0.15) is 0 Å². The Morgan fingerprint density at radius 1 is 0.895 bits per heavy atom. The highest BCUT2D eigenvalue weighted by Crippen LogP contribution is 2.21. The van der Waals surface area contributed by atoms with Gasteiger partial charge in [-0.25, -0.2) is 0 Å². The van der Waals surface area contributed by atoms with E-state index in [4.69, 9.17) is 0 Å². The number of hydrogen-bond acceptors (Lipinski definition) is 2. The van der Waals surface area contributed by atoms with Crippen molar-refractivity contribution >= 4 is 11.4 Å². The zero-order valence-electron chi connectivity index (χ0n) is 12.1. The van der Waals surface area contributed by atoms with Gasteiger partial charge in [0.25, 0.3) is 0 Å². The average Bonchev–Trinajstić information content (AvgIpc) is 2.41. The van der Waals surface area contributed by atoms with E-state index in [1.807, 2.05) is 0 Å². The first-order chi connectivity index (χ1) is 9.06. The van der Waals surface area contributed by atoms with Crippen molar-refractivity contribution in [3.63, 3.8) is 0 Å². The average molecular weight is 254 g/mol. The molecule has 0 heterocycles. The molecule has 2 heteroatoms. The quantitative estimate of drug-likeness (QED) is 0.878. The Labute approximate surface area is 116 Å². The highest BCUT2D eigenvalue weighted by molar-refractivity contribution is 5.49. The Balaban J connectivity index is 2.07. The van der Waals surface area contributed by atoms with Gasteiger partial charge in [-0.2, -0.15) is 0 Å². The van der Waals surface area contributed by atoms with Crippen molar-refractivity contribution in [2.24, 2.45) is 0 Å². The fraction of sp³-hybridized carbons (Fsp3) is 0.294. The Kier molecular flexibility index (Phi) is 4.10. The number of nitrogens with one attached hydrogen (secondary N) is 1. The number of rotatable bonds is 4. The van der Waals surface area contributed by atoms with Crippen LogP contribution in [0.1, 0.15) is 24.1 Å². The third-order valence-corrected chi connectivity index (χ3v) is 3.34. The first-order valence-electron chi connectivity index (χ1n) is 6.67. The number of benzene rings is 2. The molecule has 0 saturated carbocycles. The second-order valence-electron chi connectivity index (χ2n) is 5.22. The van der Waals surface area contributed by atoms with Crippen LogP contribution in [-0.4, -0.2) is 14.1 Å². The minimum Gasteiger partial charge on any atom is -0.379 e. The van der Waals surface area contributed by atoms with Crippen LogP contribution in [0.4, 0.5) is 11.4 Å². The van der Waals surface area contributed by atoms with Gasteiger partial charge in [-0.1, -0.05) is 29.8 Å². The van der Waals surface area contributed by atoms with Crippen molar-refractivity contribution in [2.75, 3.05) is 24.3 Å². The molecule has 0 aliphatic carbocycles. The maximum atomic E-state index is 3.52. The van der Waals surface area contributed by atoms with Crippen LogP contribution in [0.3, 0.4) is 0 Å². The lowest BCUT2D eigenvalue weighted by molar-refractivity contribution is 0.884. The molecule has 0 bridgehead atoms. The first kappa shape index (κ1) is 13.5. The molecule has 2 aromatic rings. The Morgan fingerprint density at radius 3 is 2.00 bits per heavy atom. The van der Waals surface area contributed by atoms with Gasteiger partial charge in [-0.15, -0.1) is 0 Å². The molecule has 100 valence electrons. The summed E-state index contributed by atoms with van der Waals surface area (Å²) in [4.78, 5) is 2.11. The SMILES string of the molecule is Cc1ccc(NC(C)c2ccc(N(C)C)cc2)cc1. The van der Waals surface area contributed by atoms with E-state index in [0.29, 0.717) is 6.04 Å².